The topological polar surface area (TPSA) is 49.3 Å². The third kappa shape index (κ3) is 4.01. The molecule has 2 aromatic rings. The normalized spacial score (nSPS) is 20.9. The molecule has 1 atom stereocenters. The number of aliphatic hydroxyl groups is 1. The Bertz CT molecular complexity index is 683. The molecule has 1 fully saturated rings. The van der Waals surface area contributed by atoms with Gasteiger partial charge in [-0.1, -0.05) is 48.5 Å². The molecular weight excluding hydrogens is 305 g/mol. The third-order valence-corrected chi connectivity index (χ3v) is 4.68. The summed E-state index contributed by atoms with van der Waals surface area (Å²) in [5, 5.41) is 12.6. The van der Waals surface area contributed by atoms with Crippen LogP contribution in [0.5, 0.6) is 0 Å². The number of hydrogen-bond acceptors (Lipinski definition) is 2. The minimum Gasteiger partial charge on any atom is -0.393 e. The number of hydrogen-bond donors (Lipinski definition) is 2. The summed E-state index contributed by atoms with van der Waals surface area (Å²) in [6.07, 6.45) is 1.77. The minimum atomic E-state index is -0.271. The average molecular weight is 327 g/mol. The summed E-state index contributed by atoms with van der Waals surface area (Å²) in [7, 11) is 0. The van der Waals surface area contributed by atoms with Crippen LogP contribution in [0.15, 0.2) is 54.6 Å². The maximum Gasteiger partial charge on any atom is 0.220 e. The van der Waals surface area contributed by atoms with Gasteiger partial charge in [0.25, 0.3) is 0 Å². The van der Waals surface area contributed by atoms with Crippen molar-refractivity contribution < 1.29 is 14.3 Å². The Morgan fingerprint density at radius 2 is 1.79 bits per heavy atom. The van der Waals surface area contributed by atoms with Crippen molar-refractivity contribution >= 4 is 5.91 Å². The molecule has 2 aromatic carbocycles. The maximum absolute atomic E-state index is 13.6. The number of aryl methyl sites for hydroxylation is 1. The van der Waals surface area contributed by atoms with E-state index in [0.717, 1.165) is 5.56 Å². The molecule has 0 spiro atoms. The lowest BCUT2D eigenvalue weighted by atomic mass is 9.75. The zero-order valence-electron chi connectivity index (χ0n) is 13.5. The quantitative estimate of drug-likeness (QED) is 0.854. The molecule has 1 unspecified atom stereocenters. The fraction of sp³-hybridized carbons (Fsp3) is 0.350. The van der Waals surface area contributed by atoms with Crippen molar-refractivity contribution in [1.29, 1.82) is 0 Å². The number of rotatable bonds is 6. The number of amides is 1. The van der Waals surface area contributed by atoms with Crippen LogP contribution in [0.1, 0.15) is 36.4 Å². The van der Waals surface area contributed by atoms with Gasteiger partial charge in [0.1, 0.15) is 5.82 Å². The van der Waals surface area contributed by atoms with Crippen LogP contribution in [-0.4, -0.2) is 17.1 Å². The van der Waals surface area contributed by atoms with E-state index in [0.29, 0.717) is 24.8 Å². The Morgan fingerprint density at radius 1 is 1.12 bits per heavy atom. The van der Waals surface area contributed by atoms with Crippen LogP contribution in [0.4, 0.5) is 4.39 Å². The van der Waals surface area contributed by atoms with Gasteiger partial charge >= 0.3 is 0 Å². The largest absolute Gasteiger partial charge is 0.393 e. The molecule has 1 aliphatic carbocycles. The molecule has 126 valence electrons. The summed E-state index contributed by atoms with van der Waals surface area (Å²) in [6.45, 7) is 0. The van der Waals surface area contributed by atoms with E-state index in [-0.39, 0.29) is 36.2 Å². The van der Waals surface area contributed by atoms with Gasteiger partial charge in [-0.3, -0.25) is 4.79 Å². The van der Waals surface area contributed by atoms with Crippen LogP contribution >= 0.6 is 0 Å². The van der Waals surface area contributed by atoms with E-state index in [4.69, 9.17) is 0 Å². The molecule has 0 aliphatic heterocycles. The number of aliphatic hydroxyl groups excluding tert-OH is 1. The van der Waals surface area contributed by atoms with Gasteiger partial charge in [-0.2, -0.15) is 0 Å². The van der Waals surface area contributed by atoms with Gasteiger partial charge < -0.3 is 10.4 Å². The highest BCUT2D eigenvalue weighted by atomic mass is 19.1. The van der Waals surface area contributed by atoms with Gasteiger partial charge in [0.15, 0.2) is 0 Å². The van der Waals surface area contributed by atoms with E-state index in [1.54, 1.807) is 18.2 Å². The SMILES string of the molecule is O=C(CCc1ccccc1F)NC(c1ccccc1)C1CC(O)C1. The summed E-state index contributed by atoms with van der Waals surface area (Å²) < 4.78 is 13.6. The second-order valence-electron chi connectivity index (χ2n) is 6.43. The summed E-state index contributed by atoms with van der Waals surface area (Å²) in [5.74, 6) is -0.111. The highest BCUT2D eigenvalue weighted by Gasteiger charge is 2.35. The van der Waals surface area contributed by atoms with Crippen LogP contribution in [0.25, 0.3) is 0 Å². The van der Waals surface area contributed by atoms with Crippen LogP contribution in [0, 0.1) is 11.7 Å². The fourth-order valence-electron chi connectivity index (χ4n) is 3.23. The van der Waals surface area contributed by atoms with E-state index in [2.05, 4.69) is 5.32 Å². The zero-order chi connectivity index (χ0) is 16.9. The average Bonchev–Trinajstić information content (AvgIpc) is 2.57. The molecule has 24 heavy (non-hydrogen) atoms. The lowest BCUT2D eigenvalue weighted by molar-refractivity contribution is -0.123. The monoisotopic (exact) mass is 327 g/mol. The Balaban J connectivity index is 1.62. The Hall–Kier alpha value is -2.20. The van der Waals surface area contributed by atoms with E-state index < -0.39 is 0 Å². The summed E-state index contributed by atoms with van der Waals surface area (Å²) in [6, 6.07) is 16.3. The standard InChI is InChI=1S/C20H22FNO2/c21-18-9-5-4-6-14(18)10-11-19(24)22-20(16-12-17(23)13-16)15-7-2-1-3-8-15/h1-9,16-17,20,23H,10-13H2,(H,22,24). The summed E-state index contributed by atoms with van der Waals surface area (Å²) >= 11 is 0. The van der Waals surface area contributed by atoms with Gasteiger partial charge in [0.2, 0.25) is 5.91 Å². The zero-order valence-corrected chi connectivity index (χ0v) is 13.5. The molecule has 0 saturated heterocycles. The highest BCUT2D eigenvalue weighted by Crippen LogP contribution is 2.38. The minimum absolute atomic E-state index is 0.0894. The number of benzene rings is 2. The predicted molar refractivity (Wildman–Crippen MR) is 90.8 cm³/mol. The summed E-state index contributed by atoms with van der Waals surface area (Å²) in [4.78, 5) is 12.3. The smallest absolute Gasteiger partial charge is 0.220 e. The van der Waals surface area contributed by atoms with E-state index in [1.165, 1.54) is 6.07 Å². The molecule has 0 bridgehead atoms. The van der Waals surface area contributed by atoms with Gasteiger partial charge in [-0.05, 0) is 42.4 Å². The van der Waals surface area contributed by atoms with Crippen molar-refractivity contribution in [2.75, 3.05) is 0 Å². The third-order valence-electron chi connectivity index (χ3n) is 4.68. The van der Waals surface area contributed by atoms with Crippen LogP contribution in [0.3, 0.4) is 0 Å². The number of halogens is 1. The first-order valence-electron chi connectivity index (χ1n) is 8.39. The first kappa shape index (κ1) is 16.7. The van der Waals surface area contributed by atoms with Crippen molar-refractivity contribution in [2.45, 2.75) is 37.8 Å². The Kier molecular flexibility index (Phi) is 5.26. The van der Waals surface area contributed by atoms with Crippen LogP contribution in [0.2, 0.25) is 0 Å². The molecular formula is C20H22FNO2. The second kappa shape index (κ2) is 7.58. The maximum atomic E-state index is 13.6. The van der Waals surface area contributed by atoms with E-state index in [1.807, 2.05) is 30.3 Å². The van der Waals surface area contributed by atoms with Crippen molar-refractivity contribution in [3.05, 3.63) is 71.5 Å². The number of nitrogens with one attached hydrogen (secondary N) is 1. The van der Waals surface area contributed by atoms with E-state index >= 15 is 0 Å². The summed E-state index contributed by atoms with van der Waals surface area (Å²) in [5.41, 5.74) is 1.61. The molecule has 1 aliphatic rings. The van der Waals surface area contributed by atoms with Crippen molar-refractivity contribution in [2.24, 2.45) is 5.92 Å². The molecule has 2 N–H and O–H groups in total. The number of carbonyl (C=O) groups is 1. The lowest BCUT2D eigenvalue weighted by Gasteiger charge is -2.38. The van der Waals surface area contributed by atoms with Gasteiger partial charge in [0.05, 0.1) is 12.1 Å². The lowest BCUT2D eigenvalue weighted by Crippen LogP contribution is -2.41. The van der Waals surface area contributed by atoms with Crippen molar-refractivity contribution in [1.82, 2.24) is 5.32 Å². The van der Waals surface area contributed by atoms with Crippen molar-refractivity contribution in [3.8, 4) is 0 Å². The first-order valence-corrected chi connectivity index (χ1v) is 8.39. The Labute approximate surface area is 141 Å². The molecule has 3 nitrogen and oxygen atoms in total. The molecule has 3 rings (SSSR count). The van der Waals surface area contributed by atoms with E-state index in [9.17, 15) is 14.3 Å². The highest BCUT2D eigenvalue weighted by molar-refractivity contribution is 5.76. The molecule has 4 heteroatoms. The molecule has 0 aromatic heterocycles. The van der Waals surface area contributed by atoms with Crippen LogP contribution in [-0.2, 0) is 11.2 Å². The Morgan fingerprint density at radius 3 is 2.46 bits per heavy atom. The molecule has 0 radical (unpaired) electrons. The van der Waals surface area contributed by atoms with Gasteiger partial charge in [0, 0.05) is 6.42 Å². The first-order chi connectivity index (χ1) is 11.6. The predicted octanol–water partition coefficient (Wildman–Crippen LogP) is 3.39. The van der Waals surface area contributed by atoms with Gasteiger partial charge in [-0.25, -0.2) is 4.39 Å². The van der Waals surface area contributed by atoms with Crippen LogP contribution < -0.4 is 5.32 Å². The van der Waals surface area contributed by atoms with Gasteiger partial charge in [-0.15, -0.1) is 0 Å². The fourth-order valence-corrected chi connectivity index (χ4v) is 3.23. The molecule has 1 amide bonds. The molecule has 1 saturated carbocycles. The van der Waals surface area contributed by atoms with Crippen molar-refractivity contribution in [3.63, 3.8) is 0 Å². The number of carbonyl (C=O) groups excluding carboxylic acids is 1. The molecule has 0 heterocycles. The second-order valence-corrected chi connectivity index (χ2v) is 6.43.